The number of hydrogen-bond acceptors (Lipinski definition) is 8. The second-order valence-electron chi connectivity index (χ2n) is 4.94. The Kier molecular flexibility index (Phi) is 4.49. The first-order valence-corrected chi connectivity index (χ1v) is 7.89. The van der Waals surface area contributed by atoms with Gasteiger partial charge in [0.05, 0.1) is 24.7 Å². The Hall–Kier alpha value is -1.48. The summed E-state index contributed by atoms with van der Waals surface area (Å²) in [4.78, 5) is 12.0. The molecule has 0 bridgehead atoms. The van der Waals surface area contributed by atoms with Crippen LogP contribution in [0, 0.1) is 0 Å². The third kappa shape index (κ3) is 3.08. The molecule has 0 amide bonds. The van der Waals surface area contributed by atoms with Gasteiger partial charge < -0.3 is 14.7 Å². The maximum atomic E-state index is 8.81. The van der Waals surface area contributed by atoms with E-state index < -0.39 is 0 Å². The summed E-state index contributed by atoms with van der Waals surface area (Å²) in [6.45, 7) is 2.24. The van der Waals surface area contributed by atoms with E-state index >= 15 is 0 Å². The van der Waals surface area contributed by atoms with Crippen LogP contribution in [0.1, 0.15) is 12.8 Å². The smallest absolute Gasteiger partial charge is 0.240 e. The number of piperidine rings is 1. The van der Waals surface area contributed by atoms with Crippen molar-refractivity contribution in [3.8, 4) is 0 Å². The van der Waals surface area contributed by atoms with E-state index in [0.29, 0.717) is 12.6 Å². The molecule has 21 heavy (non-hydrogen) atoms. The minimum absolute atomic E-state index is 0.0766. The first-order chi connectivity index (χ1) is 10.3. The summed E-state index contributed by atoms with van der Waals surface area (Å²) in [6, 6.07) is 2.05. The lowest BCUT2D eigenvalue weighted by molar-refractivity contribution is 0.0158. The first-order valence-electron chi connectivity index (χ1n) is 7.01. The highest BCUT2D eigenvalue weighted by Crippen LogP contribution is 2.30. The van der Waals surface area contributed by atoms with Crippen LogP contribution in [0.3, 0.4) is 0 Å². The van der Waals surface area contributed by atoms with Crippen molar-refractivity contribution in [2.24, 2.45) is 5.84 Å². The quantitative estimate of drug-likeness (QED) is 0.559. The van der Waals surface area contributed by atoms with Crippen LogP contribution in [-0.4, -0.2) is 47.5 Å². The van der Waals surface area contributed by atoms with Gasteiger partial charge in [-0.3, -0.25) is 5.43 Å². The van der Waals surface area contributed by atoms with Gasteiger partial charge in [-0.2, -0.15) is 4.98 Å². The topological polar surface area (TPSA) is 96.5 Å². The molecule has 0 spiro atoms. The van der Waals surface area contributed by atoms with Gasteiger partial charge in [0.1, 0.15) is 10.6 Å². The fraction of sp³-hybridized carbons (Fsp3) is 0.538. The second kappa shape index (κ2) is 6.52. The highest BCUT2D eigenvalue weighted by Gasteiger charge is 2.23. The van der Waals surface area contributed by atoms with Crippen LogP contribution in [0.25, 0.3) is 10.2 Å². The number of nitrogens with one attached hydrogen (secondary N) is 1. The van der Waals surface area contributed by atoms with Gasteiger partial charge in [-0.1, -0.05) is 0 Å². The molecule has 8 heteroatoms. The Morgan fingerprint density at radius 3 is 2.95 bits per heavy atom. The first kappa shape index (κ1) is 14.5. The number of aliphatic hydroxyl groups is 1. The van der Waals surface area contributed by atoms with Crippen molar-refractivity contribution in [1.82, 2.24) is 9.97 Å². The molecule has 0 saturated carbocycles. The minimum Gasteiger partial charge on any atom is -0.394 e. The van der Waals surface area contributed by atoms with E-state index in [0.717, 1.165) is 42.0 Å². The number of nitrogen functional groups attached to an aromatic ring is 1. The monoisotopic (exact) mass is 309 g/mol. The number of ether oxygens (including phenoxy) is 1. The average Bonchev–Trinajstić information content (AvgIpc) is 3.01. The van der Waals surface area contributed by atoms with Crippen LogP contribution < -0.4 is 16.2 Å². The van der Waals surface area contributed by atoms with Gasteiger partial charge in [0.2, 0.25) is 5.95 Å². The molecule has 0 aliphatic carbocycles. The van der Waals surface area contributed by atoms with Crippen LogP contribution >= 0.6 is 11.3 Å². The van der Waals surface area contributed by atoms with Gasteiger partial charge in [0.25, 0.3) is 0 Å². The molecule has 3 rings (SSSR count). The van der Waals surface area contributed by atoms with Crippen molar-refractivity contribution >= 4 is 33.3 Å². The molecule has 1 aliphatic rings. The predicted octanol–water partition coefficient (Wildman–Crippen LogP) is 0.955. The van der Waals surface area contributed by atoms with Gasteiger partial charge in [-0.25, -0.2) is 10.8 Å². The number of thiophene rings is 1. The van der Waals surface area contributed by atoms with Gasteiger partial charge in [0, 0.05) is 13.1 Å². The maximum Gasteiger partial charge on any atom is 0.240 e. The van der Waals surface area contributed by atoms with E-state index in [2.05, 4.69) is 20.3 Å². The summed E-state index contributed by atoms with van der Waals surface area (Å²) in [5, 5.41) is 11.9. The SMILES string of the molecule is NNc1nc(N2CCC(OCCO)CC2)c2ccsc2n1. The van der Waals surface area contributed by atoms with Crippen molar-refractivity contribution < 1.29 is 9.84 Å². The number of aliphatic hydroxyl groups excluding tert-OH is 1. The lowest BCUT2D eigenvalue weighted by Crippen LogP contribution is -2.38. The highest BCUT2D eigenvalue weighted by molar-refractivity contribution is 7.16. The number of hydrazine groups is 1. The normalized spacial score (nSPS) is 16.6. The summed E-state index contributed by atoms with van der Waals surface area (Å²) in [5.74, 6) is 6.82. The van der Waals surface area contributed by atoms with Crippen molar-refractivity contribution in [2.45, 2.75) is 18.9 Å². The number of nitrogens with zero attached hydrogens (tertiary/aromatic N) is 3. The van der Waals surface area contributed by atoms with E-state index in [9.17, 15) is 0 Å². The van der Waals surface area contributed by atoms with Gasteiger partial charge in [-0.15, -0.1) is 11.3 Å². The van der Waals surface area contributed by atoms with E-state index in [4.69, 9.17) is 15.7 Å². The average molecular weight is 309 g/mol. The second-order valence-corrected chi connectivity index (χ2v) is 5.83. The largest absolute Gasteiger partial charge is 0.394 e. The number of nitrogens with two attached hydrogens (primary N) is 1. The van der Waals surface area contributed by atoms with Crippen LogP contribution in [0.2, 0.25) is 0 Å². The molecule has 0 unspecified atom stereocenters. The van der Waals surface area contributed by atoms with E-state index in [1.807, 2.05) is 11.4 Å². The number of aromatic nitrogens is 2. The van der Waals surface area contributed by atoms with Crippen molar-refractivity contribution in [2.75, 3.05) is 36.6 Å². The van der Waals surface area contributed by atoms with Crippen LogP contribution in [0.4, 0.5) is 11.8 Å². The number of hydrogen-bond donors (Lipinski definition) is 3. The molecule has 7 nitrogen and oxygen atoms in total. The molecule has 0 radical (unpaired) electrons. The molecule has 3 heterocycles. The fourth-order valence-corrected chi connectivity index (χ4v) is 3.36. The third-order valence-corrected chi connectivity index (χ3v) is 4.43. The molecule has 4 N–H and O–H groups in total. The van der Waals surface area contributed by atoms with Gasteiger partial charge in [0.15, 0.2) is 0 Å². The van der Waals surface area contributed by atoms with E-state index in [1.54, 1.807) is 11.3 Å². The highest BCUT2D eigenvalue weighted by atomic mass is 32.1. The third-order valence-electron chi connectivity index (χ3n) is 3.62. The van der Waals surface area contributed by atoms with Crippen LogP contribution in [0.15, 0.2) is 11.4 Å². The lowest BCUT2D eigenvalue weighted by Gasteiger charge is -2.33. The van der Waals surface area contributed by atoms with Crippen molar-refractivity contribution in [3.63, 3.8) is 0 Å². The molecule has 114 valence electrons. The zero-order chi connectivity index (χ0) is 14.7. The standard InChI is InChI=1S/C13H19N5O2S/c14-17-13-15-11(10-3-8-21-12(10)16-13)18-4-1-9(2-5-18)20-7-6-19/h3,8-9,19H,1-2,4-7,14H2,(H,15,16,17). The molecule has 1 fully saturated rings. The number of rotatable bonds is 5. The van der Waals surface area contributed by atoms with Crippen LogP contribution in [-0.2, 0) is 4.74 Å². The summed E-state index contributed by atoms with van der Waals surface area (Å²) in [6.07, 6.45) is 2.09. The number of anilines is 2. The summed E-state index contributed by atoms with van der Waals surface area (Å²) >= 11 is 1.58. The molecule has 1 saturated heterocycles. The molecule has 1 aliphatic heterocycles. The van der Waals surface area contributed by atoms with Crippen molar-refractivity contribution in [3.05, 3.63) is 11.4 Å². The molecule has 0 aromatic carbocycles. The maximum absolute atomic E-state index is 8.81. The number of fused-ring (bicyclic) bond motifs is 1. The molecule has 0 atom stereocenters. The van der Waals surface area contributed by atoms with E-state index in [-0.39, 0.29) is 12.7 Å². The Bertz CT molecular complexity index is 597. The Labute approximate surface area is 126 Å². The molecular weight excluding hydrogens is 290 g/mol. The minimum atomic E-state index is 0.0766. The Morgan fingerprint density at radius 2 is 2.24 bits per heavy atom. The summed E-state index contributed by atoms with van der Waals surface area (Å²) in [5.41, 5.74) is 2.53. The zero-order valence-electron chi connectivity index (χ0n) is 11.7. The molecular formula is C13H19N5O2S. The molecule has 2 aromatic rings. The Morgan fingerprint density at radius 1 is 1.43 bits per heavy atom. The van der Waals surface area contributed by atoms with Gasteiger partial charge in [-0.05, 0) is 24.3 Å². The zero-order valence-corrected chi connectivity index (χ0v) is 12.5. The predicted molar refractivity (Wildman–Crippen MR) is 83.5 cm³/mol. The fourth-order valence-electron chi connectivity index (χ4n) is 2.60. The molecule has 2 aromatic heterocycles. The van der Waals surface area contributed by atoms with Crippen molar-refractivity contribution in [1.29, 1.82) is 0 Å². The van der Waals surface area contributed by atoms with Crippen LogP contribution in [0.5, 0.6) is 0 Å². The van der Waals surface area contributed by atoms with Gasteiger partial charge >= 0.3 is 0 Å². The van der Waals surface area contributed by atoms with E-state index in [1.165, 1.54) is 0 Å². The summed E-state index contributed by atoms with van der Waals surface area (Å²) < 4.78 is 5.59. The Balaban J connectivity index is 1.77. The lowest BCUT2D eigenvalue weighted by atomic mass is 10.1. The summed E-state index contributed by atoms with van der Waals surface area (Å²) in [7, 11) is 0.